The normalized spacial score (nSPS) is 13.5. The highest BCUT2D eigenvalue weighted by Crippen LogP contribution is 2.60. The van der Waals surface area contributed by atoms with Crippen molar-refractivity contribution in [2.45, 2.75) is 144 Å². The van der Waals surface area contributed by atoms with E-state index >= 15 is 0 Å². The van der Waals surface area contributed by atoms with E-state index in [1.807, 2.05) is 0 Å². The summed E-state index contributed by atoms with van der Waals surface area (Å²) < 4.78 is 0. The zero-order chi connectivity index (χ0) is 36.7. The second kappa shape index (κ2) is 11.2. The highest BCUT2D eigenvalue weighted by molar-refractivity contribution is 6.15. The lowest BCUT2D eigenvalue weighted by Gasteiger charge is -2.31. The highest BCUT2D eigenvalue weighted by atomic mass is 14.5. The van der Waals surface area contributed by atoms with Gasteiger partial charge in [0, 0.05) is 5.41 Å². The quantitative estimate of drug-likeness (QED) is 0.179. The minimum absolute atomic E-state index is 0.165. The summed E-state index contributed by atoms with van der Waals surface area (Å²) in [5, 5.41) is 2.94. The first-order valence-corrected chi connectivity index (χ1v) is 18.5. The van der Waals surface area contributed by atoms with E-state index < -0.39 is 0 Å². The van der Waals surface area contributed by atoms with Gasteiger partial charge in [0.15, 0.2) is 0 Å². The fourth-order valence-electron chi connectivity index (χ4n) is 10.4. The van der Waals surface area contributed by atoms with Gasteiger partial charge in [-0.3, -0.25) is 0 Å². The molecule has 0 aromatic heterocycles. The van der Waals surface area contributed by atoms with E-state index in [4.69, 9.17) is 0 Å². The molecule has 1 aliphatic rings. The van der Waals surface area contributed by atoms with E-state index in [9.17, 15) is 0 Å². The monoisotopic (exact) mass is 648 g/mol. The molecule has 256 valence electrons. The maximum Gasteiger partial charge on any atom is 0.0164 e. The van der Waals surface area contributed by atoms with Crippen LogP contribution in [0.4, 0.5) is 0 Å². The lowest BCUT2D eigenvalue weighted by atomic mass is 9.72. The molecule has 0 amide bonds. The van der Waals surface area contributed by atoms with Crippen molar-refractivity contribution in [3.63, 3.8) is 0 Å². The maximum atomic E-state index is 2.52. The minimum Gasteiger partial charge on any atom is -0.0516 e. The second-order valence-electron chi connectivity index (χ2n) is 16.6. The van der Waals surface area contributed by atoms with Gasteiger partial charge in [0.05, 0.1) is 0 Å². The van der Waals surface area contributed by atoms with Crippen LogP contribution in [0.15, 0.2) is 0 Å². The SMILES string of the molecule is Cc1c(C)c(C)c(-c2c(C)c(C)c3c(c2C)C(C)(C)c2c(C)c(-c4c(C)c(C)c(C)c(C)c4C)c4c(C)c(C)c(C)c(C)c4c2-3)c(C)c1C. The van der Waals surface area contributed by atoms with Gasteiger partial charge in [-0.25, -0.2) is 0 Å². The lowest BCUT2D eigenvalue weighted by molar-refractivity contribution is 0.651. The molecule has 49 heavy (non-hydrogen) atoms. The molecule has 0 aliphatic heterocycles. The molecule has 6 rings (SSSR count). The maximum absolute atomic E-state index is 2.52. The van der Waals surface area contributed by atoms with E-state index in [1.54, 1.807) is 0 Å². The third-order valence-corrected chi connectivity index (χ3v) is 14.5. The van der Waals surface area contributed by atoms with Gasteiger partial charge in [-0.1, -0.05) is 13.8 Å². The number of hydrogen-bond donors (Lipinski definition) is 0. The molecule has 0 saturated carbocycles. The topological polar surface area (TPSA) is 0 Å². The molecule has 0 nitrogen and oxygen atoms in total. The Morgan fingerprint density at radius 2 is 0.429 bits per heavy atom. The van der Waals surface area contributed by atoms with Crippen molar-refractivity contribution in [1.82, 2.24) is 0 Å². The van der Waals surface area contributed by atoms with Crippen molar-refractivity contribution >= 4 is 10.8 Å². The Morgan fingerprint density at radius 1 is 0.204 bits per heavy atom. The van der Waals surface area contributed by atoms with Crippen LogP contribution in [0.3, 0.4) is 0 Å². The zero-order valence-electron chi connectivity index (χ0n) is 34.5. The third-order valence-electron chi connectivity index (χ3n) is 14.5. The Hall–Kier alpha value is -3.64. The van der Waals surface area contributed by atoms with Crippen LogP contribution >= 0.6 is 0 Å². The molecule has 0 heterocycles. The highest BCUT2D eigenvalue weighted by Gasteiger charge is 2.43. The Balaban J connectivity index is 1.91. The van der Waals surface area contributed by atoms with E-state index in [2.05, 4.69) is 138 Å². The van der Waals surface area contributed by atoms with Crippen molar-refractivity contribution < 1.29 is 0 Å². The van der Waals surface area contributed by atoms with Crippen LogP contribution in [0, 0.1) is 125 Å². The van der Waals surface area contributed by atoms with Gasteiger partial charge < -0.3 is 0 Å². The first-order valence-electron chi connectivity index (χ1n) is 18.5. The van der Waals surface area contributed by atoms with Crippen LogP contribution in [0.25, 0.3) is 44.2 Å². The van der Waals surface area contributed by atoms with E-state index in [0.29, 0.717) is 0 Å². The molecular weight excluding hydrogens is 589 g/mol. The second-order valence-corrected chi connectivity index (χ2v) is 16.6. The number of fused-ring (bicyclic) bond motifs is 5. The first-order chi connectivity index (χ1) is 22.6. The van der Waals surface area contributed by atoms with Crippen molar-refractivity contribution in [1.29, 1.82) is 0 Å². The molecule has 0 bridgehead atoms. The molecule has 1 aliphatic carbocycles. The predicted molar refractivity (Wildman–Crippen MR) is 218 cm³/mol. The van der Waals surface area contributed by atoms with Gasteiger partial charge in [-0.2, -0.15) is 0 Å². The molecule has 0 fully saturated rings. The summed E-state index contributed by atoms with van der Waals surface area (Å²) in [5.41, 5.74) is 37.4. The van der Waals surface area contributed by atoms with E-state index in [1.165, 1.54) is 155 Å². The number of benzene rings is 5. The molecule has 0 spiro atoms. The third kappa shape index (κ3) is 4.28. The van der Waals surface area contributed by atoms with Crippen LogP contribution < -0.4 is 0 Å². The molecule has 0 unspecified atom stereocenters. The Labute approximate surface area is 298 Å². The van der Waals surface area contributed by atoms with Gasteiger partial charge in [-0.05, 0) is 280 Å². The van der Waals surface area contributed by atoms with Crippen LogP contribution in [0.5, 0.6) is 0 Å². The fraction of sp³-hybridized carbons (Fsp3) is 0.429. The van der Waals surface area contributed by atoms with Crippen LogP contribution in [0.1, 0.15) is 125 Å². The van der Waals surface area contributed by atoms with Gasteiger partial charge in [0.1, 0.15) is 0 Å². The summed E-state index contributed by atoms with van der Waals surface area (Å²) in [6, 6.07) is 0. The zero-order valence-corrected chi connectivity index (χ0v) is 34.5. The van der Waals surface area contributed by atoms with Crippen molar-refractivity contribution in [2.75, 3.05) is 0 Å². The van der Waals surface area contributed by atoms with Crippen molar-refractivity contribution in [2.24, 2.45) is 0 Å². The van der Waals surface area contributed by atoms with Gasteiger partial charge in [0.2, 0.25) is 0 Å². The van der Waals surface area contributed by atoms with Gasteiger partial charge in [0.25, 0.3) is 0 Å². The molecule has 0 radical (unpaired) electrons. The summed E-state index contributed by atoms with van der Waals surface area (Å²) in [6.45, 7) is 47.5. The lowest BCUT2D eigenvalue weighted by Crippen LogP contribution is -2.20. The number of aryl methyl sites for hydroxylation is 2. The van der Waals surface area contributed by atoms with Gasteiger partial charge >= 0.3 is 0 Å². The van der Waals surface area contributed by atoms with Gasteiger partial charge in [-0.15, -0.1) is 0 Å². The Bertz CT molecular complexity index is 2290. The van der Waals surface area contributed by atoms with Crippen LogP contribution in [-0.4, -0.2) is 0 Å². The number of hydrogen-bond acceptors (Lipinski definition) is 0. The molecule has 0 heteroatoms. The smallest absolute Gasteiger partial charge is 0.0164 e. The van der Waals surface area contributed by atoms with Crippen molar-refractivity contribution in [3.05, 3.63) is 111 Å². The largest absolute Gasteiger partial charge is 0.0516 e. The fourth-order valence-corrected chi connectivity index (χ4v) is 10.4. The first kappa shape index (κ1) is 35.2. The van der Waals surface area contributed by atoms with Crippen molar-refractivity contribution in [3.8, 4) is 33.4 Å². The predicted octanol–water partition coefficient (Wildman–Crippen LogP) is 14.0. The molecule has 5 aromatic rings. The summed E-state index contributed by atoms with van der Waals surface area (Å²) >= 11 is 0. The number of rotatable bonds is 2. The molecule has 0 saturated heterocycles. The van der Waals surface area contributed by atoms with Crippen LogP contribution in [-0.2, 0) is 5.41 Å². The molecular formula is C49H60. The Kier molecular flexibility index (Phi) is 8.03. The molecule has 0 N–H and O–H groups in total. The summed E-state index contributed by atoms with van der Waals surface area (Å²) in [6.07, 6.45) is 0. The standard InChI is InChI=1S/C49H60/c1-21-23(3)29(9)39(30(10)24(21)4)41-35(15)36(16)45-46-43-34(14)28(8)27(7)33(13)42(43)44(38(18)48(46)49(19,20)47(45)37(41)17)40-31(11)25(5)22(2)26(6)32(40)12/h1-20H3. The summed E-state index contributed by atoms with van der Waals surface area (Å²) in [4.78, 5) is 0. The Morgan fingerprint density at radius 3 is 0.837 bits per heavy atom. The summed E-state index contributed by atoms with van der Waals surface area (Å²) in [5.74, 6) is 0. The van der Waals surface area contributed by atoms with E-state index in [0.717, 1.165) is 0 Å². The molecule has 5 aromatic carbocycles. The summed E-state index contributed by atoms with van der Waals surface area (Å²) in [7, 11) is 0. The average molecular weight is 649 g/mol. The average Bonchev–Trinajstić information content (AvgIpc) is 3.31. The molecule has 0 atom stereocenters. The minimum atomic E-state index is -0.165. The van der Waals surface area contributed by atoms with Crippen LogP contribution in [0.2, 0.25) is 0 Å². The van der Waals surface area contributed by atoms with E-state index in [-0.39, 0.29) is 5.41 Å².